The SMILES string of the molecule is O=C(Nc1cc2ccccc2cn1)OC[C@H](COC[C@@H](O)CO)N(Cc1cccc(F)c1Cl)C[C@H](O)CO. The number of aliphatic hydroxyl groups is 4. The molecule has 0 spiro atoms. The number of benzene rings is 2. The van der Waals surface area contributed by atoms with Crippen molar-refractivity contribution in [2.45, 2.75) is 24.8 Å². The number of nitrogens with one attached hydrogen (secondary N) is 1. The first-order valence-electron chi connectivity index (χ1n) is 11.9. The number of anilines is 1. The predicted octanol–water partition coefficient (Wildman–Crippen LogP) is 2.17. The van der Waals surface area contributed by atoms with Crippen molar-refractivity contribution in [3.05, 3.63) is 71.1 Å². The van der Waals surface area contributed by atoms with Crippen LogP contribution in [0.3, 0.4) is 0 Å². The summed E-state index contributed by atoms with van der Waals surface area (Å²) in [5.74, 6) is -0.337. The summed E-state index contributed by atoms with van der Waals surface area (Å²) in [6.45, 7) is -1.63. The fourth-order valence-corrected chi connectivity index (χ4v) is 3.86. The highest BCUT2D eigenvalue weighted by atomic mass is 35.5. The average Bonchev–Trinajstić information content (AvgIpc) is 2.92. The molecule has 0 bridgehead atoms. The number of hydrogen-bond donors (Lipinski definition) is 5. The molecule has 38 heavy (non-hydrogen) atoms. The Hall–Kier alpha value is -2.90. The van der Waals surface area contributed by atoms with Crippen molar-refractivity contribution in [1.82, 2.24) is 9.88 Å². The minimum Gasteiger partial charge on any atom is -0.448 e. The van der Waals surface area contributed by atoms with Crippen molar-refractivity contribution < 1.29 is 39.1 Å². The molecule has 0 aliphatic rings. The number of halogens is 2. The van der Waals surface area contributed by atoms with Crippen LogP contribution in [0.25, 0.3) is 10.8 Å². The van der Waals surface area contributed by atoms with Gasteiger partial charge >= 0.3 is 6.09 Å². The summed E-state index contributed by atoms with van der Waals surface area (Å²) >= 11 is 6.13. The molecule has 0 saturated carbocycles. The van der Waals surface area contributed by atoms with Gasteiger partial charge in [-0.1, -0.05) is 48.0 Å². The quantitative estimate of drug-likeness (QED) is 0.203. The van der Waals surface area contributed by atoms with Crippen molar-refractivity contribution in [3.63, 3.8) is 0 Å². The molecule has 3 atom stereocenters. The van der Waals surface area contributed by atoms with Crippen LogP contribution < -0.4 is 5.32 Å². The van der Waals surface area contributed by atoms with E-state index in [0.29, 0.717) is 5.56 Å². The molecule has 1 heterocycles. The number of pyridine rings is 1. The van der Waals surface area contributed by atoms with Gasteiger partial charge in [-0.25, -0.2) is 14.2 Å². The summed E-state index contributed by atoms with van der Waals surface area (Å²) in [6, 6.07) is 12.8. The lowest BCUT2D eigenvalue weighted by atomic mass is 10.1. The number of aliphatic hydroxyl groups excluding tert-OH is 4. The summed E-state index contributed by atoms with van der Waals surface area (Å²) in [5, 5.41) is 42.5. The Labute approximate surface area is 224 Å². The van der Waals surface area contributed by atoms with E-state index < -0.39 is 43.4 Å². The van der Waals surface area contributed by atoms with Gasteiger partial charge in [0.1, 0.15) is 24.3 Å². The summed E-state index contributed by atoms with van der Waals surface area (Å²) in [7, 11) is 0. The second-order valence-electron chi connectivity index (χ2n) is 8.65. The number of carbonyl (C=O) groups is 1. The molecule has 0 saturated heterocycles. The second kappa shape index (κ2) is 14.9. The summed E-state index contributed by atoms with van der Waals surface area (Å²) < 4.78 is 25.0. The minimum absolute atomic E-state index is 0.0292. The van der Waals surface area contributed by atoms with Gasteiger partial charge in [0, 0.05) is 24.7 Å². The molecule has 0 unspecified atom stereocenters. The third kappa shape index (κ3) is 8.84. The topological polar surface area (TPSA) is 145 Å². The number of aromatic nitrogens is 1. The van der Waals surface area contributed by atoms with Crippen LogP contribution in [0.1, 0.15) is 5.56 Å². The van der Waals surface area contributed by atoms with Crippen molar-refractivity contribution in [2.75, 3.05) is 44.9 Å². The number of nitrogens with zero attached hydrogens (tertiary/aromatic N) is 2. The summed E-state index contributed by atoms with van der Waals surface area (Å²) in [4.78, 5) is 18.4. The van der Waals surface area contributed by atoms with E-state index in [1.54, 1.807) is 23.2 Å². The predicted molar refractivity (Wildman–Crippen MR) is 139 cm³/mol. The van der Waals surface area contributed by atoms with Gasteiger partial charge in [-0.2, -0.15) is 0 Å². The van der Waals surface area contributed by atoms with E-state index in [4.69, 9.17) is 26.2 Å². The highest BCUT2D eigenvalue weighted by Crippen LogP contribution is 2.23. The highest BCUT2D eigenvalue weighted by Gasteiger charge is 2.25. The Bertz CT molecular complexity index is 1190. The molecule has 0 fully saturated rings. The lowest BCUT2D eigenvalue weighted by Gasteiger charge is -2.33. The van der Waals surface area contributed by atoms with Crippen molar-refractivity contribution in [3.8, 4) is 0 Å². The van der Waals surface area contributed by atoms with E-state index in [1.807, 2.05) is 24.3 Å². The lowest BCUT2D eigenvalue weighted by molar-refractivity contribution is -0.0370. The second-order valence-corrected chi connectivity index (χ2v) is 9.02. The minimum atomic E-state index is -1.16. The maximum atomic E-state index is 14.0. The molecule has 0 aliphatic heterocycles. The Morgan fingerprint density at radius 1 is 1.03 bits per heavy atom. The molecule has 0 aliphatic carbocycles. The normalized spacial score (nSPS) is 13.9. The van der Waals surface area contributed by atoms with Crippen LogP contribution in [0.2, 0.25) is 5.02 Å². The lowest BCUT2D eigenvalue weighted by Crippen LogP contribution is -2.47. The number of ether oxygens (including phenoxy) is 2. The zero-order valence-corrected chi connectivity index (χ0v) is 21.3. The number of carbonyl (C=O) groups excluding carboxylic acids is 1. The summed E-state index contributed by atoms with van der Waals surface area (Å²) in [5.41, 5.74) is 0.405. The van der Waals surface area contributed by atoms with E-state index in [-0.39, 0.29) is 43.8 Å². The Balaban J connectivity index is 1.74. The van der Waals surface area contributed by atoms with Gasteiger partial charge in [0.05, 0.1) is 43.6 Å². The van der Waals surface area contributed by atoms with Crippen LogP contribution >= 0.6 is 11.6 Å². The molecular formula is C26H31ClFN3O7. The van der Waals surface area contributed by atoms with Crippen molar-refractivity contribution in [2.24, 2.45) is 0 Å². The van der Waals surface area contributed by atoms with Crippen molar-refractivity contribution >= 4 is 34.3 Å². The molecule has 12 heteroatoms. The van der Waals surface area contributed by atoms with E-state index in [1.165, 1.54) is 12.1 Å². The fourth-order valence-electron chi connectivity index (χ4n) is 3.68. The number of fused-ring (bicyclic) bond motifs is 1. The van der Waals surface area contributed by atoms with Crippen LogP contribution in [-0.2, 0) is 16.0 Å². The Kier molecular flexibility index (Phi) is 11.6. The van der Waals surface area contributed by atoms with Gasteiger partial charge in [0.25, 0.3) is 0 Å². The van der Waals surface area contributed by atoms with Crippen LogP contribution in [0, 0.1) is 5.82 Å². The molecule has 3 aromatic rings. The van der Waals surface area contributed by atoms with E-state index >= 15 is 0 Å². The number of amides is 1. The fraction of sp³-hybridized carbons (Fsp3) is 0.385. The van der Waals surface area contributed by atoms with Gasteiger partial charge in [0.2, 0.25) is 0 Å². The molecule has 1 amide bonds. The van der Waals surface area contributed by atoms with E-state index in [9.17, 15) is 24.5 Å². The van der Waals surface area contributed by atoms with Gasteiger partial charge < -0.3 is 29.9 Å². The first-order chi connectivity index (χ1) is 18.3. The van der Waals surface area contributed by atoms with Crippen molar-refractivity contribution in [1.29, 1.82) is 0 Å². The molecule has 5 N–H and O–H groups in total. The first kappa shape index (κ1) is 29.7. The molecule has 206 valence electrons. The summed E-state index contributed by atoms with van der Waals surface area (Å²) in [6.07, 6.45) is -1.45. The monoisotopic (exact) mass is 551 g/mol. The third-order valence-electron chi connectivity index (χ3n) is 5.68. The van der Waals surface area contributed by atoms with E-state index in [0.717, 1.165) is 10.8 Å². The number of hydrogen-bond acceptors (Lipinski definition) is 9. The standard InChI is InChI=1S/C26H31ClFN3O7/c27-25-19(6-3-7-23(25)28)10-31(11-21(34)12-32)20(14-37-16-22(35)13-33)15-38-26(36)30-24-8-17-4-1-2-5-18(17)9-29-24/h1-9,20-22,32-35H,10-16H2,(H,29,30,36)/t20-,21-,22-/m0/s1. The Morgan fingerprint density at radius 3 is 2.50 bits per heavy atom. The Morgan fingerprint density at radius 2 is 1.76 bits per heavy atom. The number of rotatable bonds is 14. The first-order valence-corrected chi connectivity index (χ1v) is 12.3. The van der Waals surface area contributed by atoms with Gasteiger partial charge in [-0.05, 0) is 23.1 Å². The zero-order valence-electron chi connectivity index (χ0n) is 20.5. The molecule has 0 radical (unpaired) electrons. The van der Waals surface area contributed by atoms with E-state index in [2.05, 4.69) is 10.3 Å². The van der Waals surface area contributed by atoms with Gasteiger partial charge in [0.15, 0.2) is 0 Å². The largest absolute Gasteiger partial charge is 0.448 e. The molecule has 1 aromatic heterocycles. The maximum Gasteiger partial charge on any atom is 0.412 e. The molecule has 10 nitrogen and oxygen atoms in total. The van der Waals surface area contributed by atoms with Crippen LogP contribution in [-0.4, -0.2) is 94.2 Å². The molecule has 3 rings (SSSR count). The van der Waals surface area contributed by atoms with Gasteiger partial charge in [-0.3, -0.25) is 10.2 Å². The van der Waals surface area contributed by atoms with Crippen LogP contribution in [0.15, 0.2) is 54.7 Å². The zero-order chi connectivity index (χ0) is 27.5. The van der Waals surface area contributed by atoms with Crippen LogP contribution in [0.4, 0.5) is 15.0 Å². The van der Waals surface area contributed by atoms with Gasteiger partial charge in [-0.15, -0.1) is 0 Å². The van der Waals surface area contributed by atoms with Crippen LogP contribution in [0.5, 0.6) is 0 Å². The molecule has 2 aromatic carbocycles. The average molecular weight is 552 g/mol. The maximum absolute atomic E-state index is 14.0. The smallest absolute Gasteiger partial charge is 0.412 e. The highest BCUT2D eigenvalue weighted by molar-refractivity contribution is 6.31. The third-order valence-corrected chi connectivity index (χ3v) is 6.10. The molecular weight excluding hydrogens is 521 g/mol.